The van der Waals surface area contributed by atoms with Gasteiger partial charge in [-0.2, -0.15) is 0 Å². The predicted octanol–water partition coefficient (Wildman–Crippen LogP) is 14.4. The number of hydrogen-bond donors (Lipinski definition) is 0. The van der Waals surface area contributed by atoms with Gasteiger partial charge in [0, 0.05) is 33.2 Å². The second-order valence-electron chi connectivity index (χ2n) is 13.3. The van der Waals surface area contributed by atoms with Crippen molar-refractivity contribution < 1.29 is 4.42 Å². The molecule has 9 aromatic carbocycles. The summed E-state index contributed by atoms with van der Waals surface area (Å²) < 4.78 is 6.39. The maximum atomic E-state index is 6.39. The third-order valence-electron chi connectivity index (χ3n) is 10.3. The Labute approximate surface area is 302 Å². The van der Waals surface area contributed by atoms with E-state index in [1.165, 1.54) is 38.4 Å². The summed E-state index contributed by atoms with van der Waals surface area (Å²) in [6.07, 6.45) is 0. The molecule has 1 heterocycles. The molecule has 10 rings (SSSR count). The Morgan fingerprint density at radius 1 is 0.308 bits per heavy atom. The highest BCUT2D eigenvalue weighted by Gasteiger charge is 2.16. The summed E-state index contributed by atoms with van der Waals surface area (Å²) >= 11 is 0. The van der Waals surface area contributed by atoms with E-state index in [4.69, 9.17) is 4.42 Å². The highest BCUT2D eigenvalue weighted by molar-refractivity contribution is 6.15. The lowest BCUT2D eigenvalue weighted by atomic mass is 9.98. The smallest absolute Gasteiger partial charge is 0.143 e. The molecule has 0 aliphatic heterocycles. The fourth-order valence-corrected chi connectivity index (χ4v) is 7.63. The number of anilines is 3. The van der Waals surface area contributed by atoms with Gasteiger partial charge >= 0.3 is 0 Å². The van der Waals surface area contributed by atoms with Crippen LogP contribution in [-0.4, -0.2) is 0 Å². The number of furan rings is 1. The summed E-state index contributed by atoms with van der Waals surface area (Å²) in [6.45, 7) is 0. The zero-order valence-electron chi connectivity index (χ0n) is 28.4. The van der Waals surface area contributed by atoms with Gasteiger partial charge in [-0.1, -0.05) is 146 Å². The molecule has 0 bridgehead atoms. The van der Waals surface area contributed by atoms with E-state index in [0.29, 0.717) is 0 Å². The van der Waals surface area contributed by atoms with Crippen LogP contribution in [-0.2, 0) is 0 Å². The van der Waals surface area contributed by atoms with Crippen molar-refractivity contribution in [1.29, 1.82) is 0 Å². The fourth-order valence-electron chi connectivity index (χ4n) is 7.63. The molecular formula is C50H33NO. The van der Waals surface area contributed by atoms with E-state index in [-0.39, 0.29) is 0 Å². The molecule has 0 amide bonds. The lowest BCUT2D eigenvalue weighted by molar-refractivity contribution is 0.672. The maximum Gasteiger partial charge on any atom is 0.143 e. The van der Waals surface area contributed by atoms with Gasteiger partial charge in [-0.05, 0) is 104 Å². The summed E-state index contributed by atoms with van der Waals surface area (Å²) in [5.74, 6) is 0. The van der Waals surface area contributed by atoms with Gasteiger partial charge in [0.05, 0.1) is 0 Å². The monoisotopic (exact) mass is 663 g/mol. The van der Waals surface area contributed by atoms with Crippen molar-refractivity contribution in [3.8, 4) is 33.4 Å². The topological polar surface area (TPSA) is 16.4 Å². The first-order valence-electron chi connectivity index (χ1n) is 17.8. The Hall–Kier alpha value is -6.90. The molecule has 244 valence electrons. The quantitative estimate of drug-likeness (QED) is 0.176. The van der Waals surface area contributed by atoms with Gasteiger partial charge in [0.15, 0.2) is 0 Å². The van der Waals surface area contributed by atoms with Crippen LogP contribution in [0.15, 0.2) is 205 Å². The average Bonchev–Trinajstić information content (AvgIpc) is 3.61. The van der Waals surface area contributed by atoms with Gasteiger partial charge in [-0.25, -0.2) is 0 Å². The molecule has 0 aliphatic carbocycles. The predicted molar refractivity (Wildman–Crippen MR) is 220 cm³/mol. The number of fused-ring (bicyclic) bond motifs is 6. The zero-order chi connectivity index (χ0) is 34.4. The average molecular weight is 664 g/mol. The van der Waals surface area contributed by atoms with Gasteiger partial charge in [0.2, 0.25) is 0 Å². The summed E-state index contributed by atoms with van der Waals surface area (Å²) in [5.41, 5.74) is 12.3. The molecule has 0 spiro atoms. The summed E-state index contributed by atoms with van der Waals surface area (Å²) in [7, 11) is 0. The highest BCUT2D eigenvalue weighted by atomic mass is 16.3. The molecular weight excluding hydrogens is 631 g/mol. The van der Waals surface area contributed by atoms with Crippen LogP contribution in [0.2, 0.25) is 0 Å². The second-order valence-corrected chi connectivity index (χ2v) is 13.3. The molecule has 0 saturated carbocycles. The van der Waals surface area contributed by atoms with Crippen LogP contribution in [0.3, 0.4) is 0 Å². The van der Waals surface area contributed by atoms with Crippen molar-refractivity contribution in [3.05, 3.63) is 200 Å². The van der Waals surface area contributed by atoms with E-state index < -0.39 is 0 Å². The first-order chi connectivity index (χ1) is 25.8. The number of benzene rings is 9. The molecule has 10 aromatic rings. The normalized spacial score (nSPS) is 11.5. The van der Waals surface area contributed by atoms with Crippen molar-refractivity contribution in [2.45, 2.75) is 0 Å². The molecule has 0 atom stereocenters. The number of hydrogen-bond acceptors (Lipinski definition) is 2. The van der Waals surface area contributed by atoms with Crippen LogP contribution in [0.4, 0.5) is 17.1 Å². The Kier molecular flexibility index (Phi) is 7.18. The molecule has 0 unspecified atom stereocenters. The fraction of sp³-hybridized carbons (Fsp3) is 0. The van der Waals surface area contributed by atoms with E-state index >= 15 is 0 Å². The van der Waals surface area contributed by atoms with Crippen LogP contribution >= 0.6 is 0 Å². The first kappa shape index (κ1) is 30.0. The molecule has 0 N–H and O–H groups in total. The lowest BCUT2D eigenvalue weighted by Gasteiger charge is -2.26. The Morgan fingerprint density at radius 2 is 0.827 bits per heavy atom. The molecule has 52 heavy (non-hydrogen) atoms. The molecule has 0 aliphatic rings. The molecule has 2 heteroatoms. The van der Waals surface area contributed by atoms with Crippen molar-refractivity contribution in [2.24, 2.45) is 0 Å². The van der Waals surface area contributed by atoms with Crippen LogP contribution in [0.1, 0.15) is 0 Å². The standard InChI is InChI=1S/C50H33NO/c1-2-9-34(10-3-1)35-17-25-41(26-18-35)51(43-29-21-39(22-30-43)45-16-8-13-37-11-4-6-14-44(37)45)42-27-19-36(20-28-42)40-24-32-49-48(33-40)47-31-23-38-12-5-7-15-46(38)50(47)52-49/h1-33H. The van der Waals surface area contributed by atoms with Crippen molar-refractivity contribution >= 4 is 60.5 Å². The van der Waals surface area contributed by atoms with E-state index in [1.807, 2.05) is 0 Å². The minimum atomic E-state index is 0.906. The number of nitrogens with zero attached hydrogens (tertiary/aromatic N) is 1. The van der Waals surface area contributed by atoms with Gasteiger partial charge in [-0.15, -0.1) is 0 Å². The van der Waals surface area contributed by atoms with Gasteiger partial charge in [-0.3, -0.25) is 0 Å². The third kappa shape index (κ3) is 5.21. The van der Waals surface area contributed by atoms with Crippen molar-refractivity contribution in [2.75, 3.05) is 4.90 Å². The Bertz CT molecular complexity index is 2860. The van der Waals surface area contributed by atoms with Gasteiger partial charge < -0.3 is 9.32 Å². The minimum Gasteiger partial charge on any atom is -0.455 e. The number of rotatable bonds is 6. The molecule has 0 fully saturated rings. The Morgan fingerprint density at radius 3 is 1.52 bits per heavy atom. The lowest BCUT2D eigenvalue weighted by Crippen LogP contribution is -2.09. The molecule has 2 nitrogen and oxygen atoms in total. The second kappa shape index (κ2) is 12.5. The maximum absolute atomic E-state index is 6.39. The third-order valence-corrected chi connectivity index (χ3v) is 10.3. The van der Waals surface area contributed by atoms with Crippen molar-refractivity contribution in [1.82, 2.24) is 0 Å². The summed E-state index contributed by atoms with van der Waals surface area (Å²) in [6, 6.07) is 71.7. The molecule has 0 radical (unpaired) electrons. The van der Waals surface area contributed by atoms with E-state index in [0.717, 1.165) is 55.5 Å². The summed E-state index contributed by atoms with van der Waals surface area (Å²) in [5, 5.41) is 7.11. The molecule has 1 aromatic heterocycles. The largest absolute Gasteiger partial charge is 0.455 e. The highest BCUT2D eigenvalue weighted by Crippen LogP contribution is 2.40. The minimum absolute atomic E-state index is 0.906. The van der Waals surface area contributed by atoms with Crippen molar-refractivity contribution in [3.63, 3.8) is 0 Å². The molecule has 0 saturated heterocycles. The van der Waals surface area contributed by atoms with Gasteiger partial charge in [0.1, 0.15) is 11.2 Å². The summed E-state index contributed by atoms with van der Waals surface area (Å²) in [4.78, 5) is 2.34. The van der Waals surface area contributed by atoms with Crippen LogP contribution in [0, 0.1) is 0 Å². The van der Waals surface area contributed by atoms with Crippen LogP contribution < -0.4 is 4.90 Å². The zero-order valence-corrected chi connectivity index (χ0v) is 28.4. The SMILES string of the molecule is c1ccc(-c2ccc(N(c3ccc(-c4ccc5oc6c7ccccc7ccc6c5c4)cc3)c3ccc(-c4cccc5ccccc45)cc3)cc2)cc1. The van der Waals surface area contributed by atoms with Crippen LogP contribution in [0.25, 0.3) is 76.9 Å². The van der Waals surface area contributed by atoms with E-state index in [1.54, 1.807) is 0 Å². The van der Waals surface area contributed by atoms with E-state index in [2.05, 4.69) is 205 Å². The van der Waals surface area contributed by atoms with Crippen LogP contribution in [0.5, 0.6) is 0 Å². The first-order valence-corrected chi connectivity index (χ1v) is 17.8. The van der Waals surface area contributed by atoms with Gasteiger partial charge in [0.25, 0.3) is 0 Å². The Balaban J connectivity index is 1.03. The van der Waals surface area contributed by atoms with E-state index in [9.17, 15) is 0 Å².